The van der Waals surface area contributed by atoms with Crippen LogP contribution in [0.4, 0.5) is 45.6 Å². The molecule has 2 amide bonds. The Hall–Kier alpha value is -4.35. The molecule has 4 atom stereocenters. The van der Waals surface area contributed by atoms with Gasteiger partial charge >= 0.3 is 18.4 Å². The second-order valence-electron chi connectivity index (χ2n) is 11.0. The van der Waals surface area contributed by atoms with Crippen molar-refractivity contribution in [1.29, 1.82) is 0 Å². The van der Waals surface area contributed by atoms with Crippen LogP contribution in [0.1, 0.15) is 34.6 Å². The van der Waals surface area contributed by atoms with Crippen LogP contribution in [0.25, 0.3) is 0 Å². The first-order chi connectivity index (χ1) is 22.6. The van der Waals surface area contributed by atoms with Gasteiger partial charge in [0.2, 0.25) is 5.91 Å². The molecule has 3 aromatic rings. The van der Waals surface area contributed by atoms with Gasteiger partial charge in [0.1, 0.15) is 24.8 Å². The molecule has 1 aliphatic heterocycles. The summed E-state index contributed by atoms with van der Waals surface area (Å²) >= 11 is 0. The average molecular weight is 690 g/mol. The number of nitrogens with zero attached hydrogens (tertiary/aromatic N) is 1. The number of morpholine rings is 1. The zero-order valence-corrected chi connectivity index (χ0v) is 25.0. The van der Waals surface area contributed by atoms with Crippen LogP contribution >= 0.6 is 0 Å². The molecule has 0 unspecified atom stereocenters. The van der Waals surface area contributed by atoms with Gasteiger partial charge in [-0.3, -0.25) is 9.78 Å². The molecule has 17 heteroatoms. The molecule has 1 aromatic heterocycles. The third-order valence-electron chi connectivity index (χ3n) is 7.48. The molecule has 2 aromatic carbocycles. The van der Waals surface area contributed by atoms with Crippen molar-refractivity contribution in [2.75, 3.05) is 31.6 Å². The van der Waals surface area contributed by atoms with Gasteiger partial charge in [-0.1, -0.05) is 24.3 Å². The molecule has 0 aliphatic carbocycles. The smallest absolute Gasteiger partial charge is 0.416 e. The Bertz CT molecular complexity index is 1530. The topological polar surface area (TPSA) is 128 Å². The molecule has 1 saturated heterocycles. The zero-order valence-electron chi connectivity index (χ0n) is 25.0. The lowest BCUT2D eigenvalue weighted by Gasteiger charge is -2.30. The predicted octanol–water partition coefficient (Wildman–Crippen LogP) is 5.05. The third-order valence-corrected chi connectivity index (χ3v) is 7.48. The van der Waals surface area contributed by atoms with Gasteiger partial charge in [0.05, 0.1) is 48.4 Å². The number of carbonyl (C=O) groups is 2. The minimum absolute atomic E-state index is 0.000592. The molecule has 2 heterocycles. The molecule has 9 nitrogen and oxygen atoms in total. The highest BCUT2D eigenvalue weighted by Crippen LogP contribution is 2.33. The standard InChI is InChI=1S/C31H31F8N5O4/c32-20-7-3-18(4-8-20)26(17-1-5-19(6-2-17)31(37,38)39)27(40)28(45)44-25-13-41-12-24(33)23(25)10-9-22-11-42-21(14-47-22)15-48-29(46)43-16-30(34,35)36/h1-8,12-13,21-22,26-27,42H,9-11,14-16,40H2,(H,43,46)(H,44,45)/t21-,22+,26-,27-/m0/s1. The molecule has 4 rings (SSSR count). The number of ether oxygens (including phenoxy) is 2. The molecule has 5 N–H and O–H groups in total. The van der Waals surface area contributed by atoms with E-state index in [1.807, 2.05) is 0 Å². The van der Waals surface area contributed by atoms with Crippen molar-refractivity contribution >= 4 is 17.7 Å². The molecule has 260 valence electrons. The van der Waals surface area contributed by atoms with Crippen molar-refractivity contribution in [2.45, 2.75) is 49.3 Å². The number of amides is 2. The van der Waals surface area contributed by atoms with Gasteiger partial charge in [-0.15, -0.1) is 0 Å². The number of halogens is 8. The maximum absolute atomic E-state index is 14.9. The van der Waals surface area contributed by atoms with Crippen LogP contribution in [0.15, 0.2) is 60.9 Å². The normalized spacial score (nSPS) is 18.1. The number of nitrogens with one attached hydrogen (secondary N) is 3. The number of aromatic nitrogens is 1. The van der Waals surface area contributed by atoms with E-state index in [1.165, 1.54) is 30.5 Å². The summed E-state index contributed by atoms with van der Waals surface area (Å²) in [5, 5.41) is 7.18. The fourth-order valence-electron chi connectivity index (χ4n) is 5.01. The highest BCUT2D eigenvalue weighted by molar-refractivity contribution is 5.96. The number of hydrogen-bond acceptors (Lipinski definition) is 7. The summed E-state index contributed by atoms with van der Waals surface area (Å²) in [5.74, 6) is -3.13. The van der Waals surface area contributed by atoms with Gasteiger partial charge in [0, 0.05) is 18.0 Å². The summed E-state index contributed by atoms with van der Waals surface area (Å²) in [6.07, 6.45) is -8.37. The van der Waals surface area contributed by atoms with Crippen LogP contribution in [0.2, 0.25) is 0 Å². The minimum Gasteiger partial charge on any atom is -0.448 e. The largest absolute Gasteiger partial charge is 0.448 e. The van der Waals surface area contributed by atoms with E-state index in [9.17, 15) is 44.7 Å². The number of benzene rings is 2. The Morgan fingerprint density at radius 3 is 2.23 bits per heavy atom. The van der Waals surface area contributed by atoms with Gasteiger partial charge in [0.15, 0.2) is 0 Å². The first kappa shape index (κ1) is 36.5. The van der Waals surface area contributed by atoms with Crippen LogP contribution in [-0.4, -0.2) is 67.7 Å². The molecule has 48 heavy (non-hydrogen) atoms. The minimum atomic E-state index is -4.60. The van der Waals surface area contributed by atoms with Crippen LogP contribution in [0.5, 0.6) is 0 Å². The van der Waals surface area contributed by atoms with Crippen LogP contribution in [0.3, 0.4) is 0 Å². The quantitative estimate of drug-likeness (QED) is 0.208. The Morgan fingerprint density at radius 2 is 1.65 bits per heavy atom. The Labute approximate surface area is 269 Å². The number of rotatable bonds is 11. The molecule has 0 saturated carbocycles. The molecular formula is C31H31F8N5O4. The van der Waals surface area contributed by atoms with E-state index in [0.29, 0.717) is 5.56 Å². The van der Waals surface area contributed by atoms with E-state index < -0.39 is 72.2 Å². The number of alkyl carbamates (subject to hydrolysis) is 1. The summed E-state index contributed by atoms with van der Waals surface area (Å²) in [5.41, 5.74) is 6.12. The lowest BCUT2D eigenvalue weighted by Crippen LogP contribution is -2.49. The van der Waals surface area contributed by atoms with Crippen LogP contribution < -0.4 is 21.7 Å². The van der Waals surface area contributed by atoms with Crippen LogP contribution in [0, 0.1) is 11.6 Å². The van der Waals surface area contributed by atoms with E-state index >= 15 is 0 Å². The van der Waals surface area contributed by atoms with E-state index in [4.69, 9.17) is 15.2 Å². The van der Waals surface area contributed by atoms with Gasteiger partial charge in [-0.05, 0) is 48.2 Å². The predicted molar refractivity (Wildman–Crippen MR) is 156 cm³/mol. The van der Waals surface area contributed by atoms with Crippen molar-refractivity contribution in [3.05, 3.63) is 94.8 Å². The molecule has 0 spiro atoms. The Kier molecular flexibility index (Phi) is 11.9. The molecule has 1 aliphatic rings. The molecule has 0 radical (unpaired) electrons. The number of carbonyl (C=O) groups excluding carboxylic acids is 2. The fourth-order valence-corrected chi connectivity index (χ4v) is 5.01. The van der Waals surface area contributed by atoms with Crippen molar-refractivity contribution in [3.8, 4) is 0 Å². The van der Waals surface area contributed by atoms with Crippen molar-refractivity contribution < 1.29 is 54.2 Å². The maximum Gasteiger partial charge on any atom is 0.416 e. The Morgan fingerprint density at radius 1 is 1.00 bits per heavy atom. The van der Waals surface area contributed by atoms with Crippen molar-refractivity contribution in [2.24, 2.45) is 5.73 Å². The van der Waals surface area contributed by atoms with E-state index in [1.54, 1.807) is 5.32 Å². The highest BCUT2D eigenvalue weighted by atomic mass is 19.4. The monoisotopic (exact) mass is 689 g/mol. The number of hydrogen-bond donors (Lipinski definition) is 4. The van der Waals surface area contributed by atoms with E-state index in [-0.39, 0.29) is 49.4 Å². The van der Waals surface area contributed by atoms with E-state index in [0.717, 1.165) is 30.5 Å². The second kappa shape index (κ2) is 15.7. The van der Waals surface area contributed by atoms with E-state index in [2.05, 4.69) is 15.6 Å². The van der Waals surface area contributed by atoms with Gasteiger partial charge in [0.25, 0.3) is 0 Å². The van der Waals surface area contributed by atoms with Crippen molar-refractivity contribution in [1.82, 2.24) is 15.6 Å². The summed E-state index contributed by atoms with van der Waals surface area (Å²) in [6, 6.07) is 7.10. The van der Waals surface area contributed by atoms with Crippen molar-refractivity contribution in [3.63, 3.8) is 0 Å². The summed E-state index contributed by atoms with van der Waals surface area (Å²) < 4.78 is 115. The van der Waals surface area contributed by atoms with Gasteiger partial charge in [-0.2, -0.15) is 26.3 Å². The number of pyridine rings is 1. The summed E-state index contributed by atoms with van der Waals surface area (Å²) in [4.78, 5) is 28.7. The fraction of sp³-hybridized carbons (Fsp3) is 0.387. The zero-order chi connectivity index (χ0) is 35.1. The first-order valence-corrected chi connectivity index (χ1v) is 14.5. The lowest BCUT2D eigenvalue weighted by molar-refractivity contribution is -0.137. The maximum atomic E-state index is 14.9. The number of alkyl halides is 6. The SMILES string of the molecule is N[C@H](C(=O)Nc1cncc(F)c1CC[C@@H]1CN[C@H](COC(=O)NCC(F)(F)F)CO1)[C@H](c1ccc(F)cc1)c1ccc(C(F)(F)F)cc1. The van der Waals surface area contributed by atoms with Gasteiger partial charge in [-0.25, -0.2) is 13.6 Å². The third kappa shape index (κ3) is 10.3. The Balaban J connectivity index is 1.39. The summed E-state index contributed by atoms with van der Waals surface area (Å²) in [6.45, 7) is -1.50. The second-order valence-corrected chi connectivity index (χ2v) is 11.0. The average Bonchev–Trinajstić information content (AvgIpc) is 3.03. The number of anilines is 1. The van der Waals surface area contributed by atoms with Crippen LogP contribution in [-0.2, 0) is 26.9 Å². The lowest BCUT2D eigenvalue weighted by atomic mass is 9.84. The summed E-state index contributed by atoms with van der Waals surface area (Å²) in [7, 11) is 0. The highest BCUT2D eigenvalue weighted by Gasteiger charge is 2.33. The first-order valence-electron chi connectivity index (χ1n) is 14.5. The molecule has 1 fully saturated rings. The number of nitrogens with two attached hydrogens (primary N) is 1. The molecule has 0 bridgehead atoms. The van der Waals surface area contributed by atoms with Gasteiger partial charge < -0.3 is 31.2 Å². The molecular weight excluding hydrogens is 658 g/mol.